The van der Waals surface area contributed by atoms with E-state index < -0.39 is 4.92 Å². The molecule has 1 N–H and O–H groups in total. The molecule has 0 aromatic heterocycles. The lowest BCUT2D eigenvalue weighted by molar-refractivity contribution is -0.384. The summed E-state index contributed by atoms with van der Waals surface area (Å²) >= 11 is 6.15. The van der Waals surface area contributed by atoms with Crippen LogP contribution in [-0.4, -0.2) is 42.5 Å². The lowest BCUT2D eigenvalue weighted by Gasteiger charge is -2.37. The van der Waals surface area contributed by atoms with E-state index in [4.69, 9.17) is 16.3 Å². The van der Waals surface area contributed by atoms with Crippen molar-refractivity contribution < 1.29 is 14.5 Å². The van der Waals surface area contributed by atoms with Crippen LogP contribution < -0.4 is 10.1 Å². The predicted molar refractivity (Wildman–Crippen MR) is 105 cm³/mol. The van der Waals surface area contributed by atoms with Crippen LogP contribution in [0.3, 0.4) is 0 Å². The summed E-state index contributed by atoms with van der Waals surface area (Å²) in [7, 11) is 1.59. The zero-order valence-corrected chi connectivity index (χ0v) is 16.1. The number of ether oxygens (including phenoxy) is 1. The van der Waals surface area contributed by atoms with Crippen molar-refractivity contribution in [3.8, 4) is 5.75 Å². The highest BCUT2D eigenvalue weighted by atomic mass is 35.5. The monoisotopic (exact) mass is 411 g/mol. The van der Waals surface area contributed by atoms with Crippen molar-refractivity contribution in [2.45, 2.75) is 6.04 Å². The molecule has 1 amide bonds. The Morgan fingerprint density at radius 1 is 1.33 bits per heavy atom. The maximum Gasteiger partial charge on any atom is 0.270 e. The zero-order chi connectivity index (χ0) is 18.7. The van der Waals surface area contributed by atoms with Gasteiger partial charge in [0, 0.05) is 37.3 Å². The smallest absolute Gasteiger partial charge is 0.270 e. The van der Waals surface area contributed by atoms with E-state index in [0.717, 1.165) is 5.56 Å². The summed E-state index contributed by atoms with van der Waals surface area (Å²) in [6.45, 7) is 1.73. The molecule has 1 aliphatic heterocycles. The van der Waals surface area contributed by atoms with Crippen molar-refractivity contribution >= 4 is 35.6 Å². The third-order valence-corrected chi connectivity index (χ3v) is 4.71. The molecule has 0 spiro atoms. The molecule has 0 saturated carbocycles. The van der Waals surface area contributed by atoms with E-state index in [1.807, 2.05) is 24.3 Å². The Morgan fingerprint density at radius 2 is 2.07 bits per heavy atom. The third kappa shape index (κ3) is 4.32. The van der Waals surface area contributed by atoms with Gasteiger partial charge in [-0.25, -0.2) is 0 Å². The molecule has 1 heterocycles. The van der Waals surface area contributed by atoms with E-state index in [2.05, 4.69) is 5.32 Å². The number of piperazine rings is 1. The molecule has 1 aliphatic rings. The number of nitrogens with zero attached hydrogens (tertiary/aromatic N) is 2. The Balaban J connectivity index is 0.00000261. The Labute approximate surface area is 167 Å². The summed E-state index contributed by atoms with van der Waals surface area (Å²) in [5.74, 6) is 0.441. The molecule has 0 aliphatic carbocycles. The maximum absolute atomic E-state index is 13.1. The minimum atomic E-state index is -0.539. The quantitative estimate of drug-likeness (QED) is 0.614. The predicted octanol–water partition coefficient (Wildman–Crippen LogP) is 3.47. The Hall–Kier alpha value is -2.35. The van der Waals surface area contributed by atoms with Crippen molar-refractivity contribution in [1.29, 1.82) is 0 Å². The number of nitro benzene ring substituents is 1. The second-order valence-corrected chi connectivity index (χ2v) is 6.29. The van der Waals surface area contributed by atoms with Crippen LogP contribution in [0.15, 0.2) is 42.5 Å². The number of nitrogens with one attached hydrogen (secondary N) is 1. The van der Waals surface area contributed by atoms with Crippen LogP contribution in [0.25, 0.3) is 0 Å². The zero-order valence-electron chi connectivity index (χ0n) is 14.6. The summed E-state index contributed by atoms with van der Waals surface area (Å²) in [4.78, 5) is 25.1. The number of non-ortho nitro benzene ring substituents is 1. The van der Waals surface area contributed by atoms with Crippen molar-refractivity contribution in [3.63, 3.8) is 0 Å². The van der Waals surface area contributed by atoms with Crippen LogP contribution in [0.2, 0.25) is 5.02 Å². The SMILES string of the molecule is COc1ccccc1C1CNCCN1C(=O)c1ccc([N+](=O)[O-])cc1Cl.Cl. The fraction of sp³-hybridized carbons (Fsp3) is 0.278. The second-order valence-electron chi connectivity index (χ2n) is 5.88. The van der Waals surface area contributed by atoms with Gasteiger partial charge >= 0.3 is 0 Å². The molecular weight excluding hydrogens is 393 g/mol. The first-order chi connectivity index (χ1) is 12.5. The van der Waals surface area contributed by atoms with Crippen LogP contribution in [0.5, 0.6) is 5.75 Å². The molecule has 3 rings (SSSR count). The van der Waals surface area contributed by atoms with Crippen LogP contribution in [-0.2, 0) is 0 Å². The summed E-state index contributed by atoms with van der Waals surface area (Å²) in [6, 6.07) is 11.2. The van der Waals surface area contributed by atoms with Gasteiger partial charge in [-0.15, -0.1) is 12.4 Å². The number of carbonyl (C=O) groups is 1. The van der Waals surface area contributed by atoms with Gasteiger partial charge in [0.25, 0.3) is 11.6 Å². The van der Waals surface area contributed by atoms with Gasteiger partial charge in [0.1, 0.15) is 5.75 Å². The maximum atomic E-state index is 13.1. The van der Waals surface area contributed by atoms with Gasteiger partial charge in [-0.1, -0.05) is 29.8 Å². The molecule has 0 bridgehead atoms. The Bertz CT molecular complexity index is 847. The van der Waals surface area contributed by atoms with Crippen molar-refractivity contribution in [3.05, 3.63) is 68.7 Å². The van der Waals surface area contributed by atoms with Crippen LogP contribution >= 0.6 is 24.0 Å². The highest BCUT2D eigenvalue weighted by Crippen LogP contribution is 2.32. The molecule has 1 unspecified atom stereocenters. The van der Waals surface area contributed by atoms with Gasteiger partial charge in [-0.05, 0) is 12.1 Å². The number of methoxy groups -OCH3 is 1. The average molecular weight is 412 g/mol. The minimum absolute atomic E-state index is 0. The standard InChI is InChI=1S/C18H18ClN3O4.ClH/c1-26-17-5-3-2-4-14(17)16-11-20-8-9-21(16)18(23)13-7-6-12(22(24)25)10-15(13)19;/h2-7,10,16,20H,8-9,11H2,1H3;1H. The molecule has 9 heteroatoms. The average Bonchev–Trinajstić information content (AvgIpc) is 2.67. The van der Waals surface area contributed by atoms with Crippen LogP contribution in [0.1, 0.15) is 22.0 Å². The largest absolute Gasteiger partial charge is 0.496 e. The van der Waals surface area contributed by atoms with Crippen LogP contribution in [0, 0.1) is 10.1 Å². The van der Waals surface area contributed by atoms with E-state index in [9.17, 15) is 14.9 Å². The molecule has 1 atom stereocenters. The van der Waals surface area contributed by atoms with Gasteiger partial charge in [0.2, 0.25) is 0 Å². The topological polar surface area (TPSA) is 84.7 Å². The number of amides is 1. The van der Waals surface area contributed by atoms with E-state index >= 15 is 0 Å². The highest BCUT2D eigenvalue weighted by Gasteiger charge is 2.31. The summed E-state index contributed by atoms with van der Waals surface area (Å²) < 4.78 is 5.43. The van der Waals surface area contributed by atoms with Gasteiger partial charge < -0.3 is 15.0 Å². The molecule has 0 radical (unpaired) electrons. The minimum Gasteiger partial charge on any atom is -0.496 e. The van der Waals surface area contributed by atoms with E-state index in [-0.39, 0.29) is 40.6 Å². The molecule has 7 nitrogen and oxygen atoms in total. The highest BCUT2D eigenvalue weighted by molar-refractivity contribution is 6.34. The molecule has 2 aromatic carbocycles. The molecule has 1 saturated heterocycles. The van der Waals surface area contributed by atoms with Gasteiger partial charge in [0.05, 0.1) is 28.7 Å². The van der Waals surface area contributed by atoms with Crippen molar-refractivity contribution in [2.75, 3.05) is 26.7 Å². The Kier molecular flexibility index (Phi) is 7.01. The molecule has 144 valence electrons. The van der Waals surface area contributed by atoms with E-state index in [1.165, 1.54) is 18.2 Å². The summed E-state index contributed by atoms with van der Waals surface area (Å²) in [5.41, 5.74) is 1.00. The molecule has 1 fully saturated rings. The van der Waals surface area contributed by atoms with Crippen molar-refractivity contribution in [2.24, 2.45) is 0 Å². The molecule has 2 aromatic rings. The van der Waals surface area contributed by atoms with Gasteiger partial charge in [-0.3, -0.25) is 14.9 Å². The van der Waals surface area contributed by atoms with E-state index in [0.29, 0.717) is 25.4 Å². The number of rotatable bonds is 4. The lowest BCUT2D eigenvalue weighted by Crippen LogP contribution is -2.48. The second kappa shape index (κ2) is 9.03. The summed E-state index contributed by atoms with van der Waals surface area (Å²) in [6.07, 6.45) is 0. The summed E-state index contributed by atoms with van der Waals surface area (Å²) in [5, 5.41) is 14.2. The number of para-hydroxylation sites is 1. The van der Waals surface area contributed by atoms with E-state index in [1.54, 1.807) is 12.0 Å². The third-order valence-electron chi connectivity index (χ3n) is 4.40. The lowest BCUT2D eigenvalue weighted by atomic mass is 10.0. The van der Waals surface area contributed by atoms with Gasteiger partial charge in [-0.2, -0.15) is 0 Å². The Morgan fingerprint density at radius 3 is 2.74 bits per heavy atom. The van der Waals surface area contributed by atoms with Crippen molar-refractivity contribution in [1.82, 2.24) is 10.2 Å². The number of hydrogen-bond donors (Lipinski definition) is 1. The fourth-order valence-corrected chi connectivity index (χ4v) is 3.37. The number of nitro groups is 1. The number of benzene rings is 2. The number of halogens is 2. The fourth-order valence-electron chi connectivity index (χ4n) is 3.11. The first-order valence-corrected chi connectivity index (χ1v) is 8.49. The van der Waals surface area contributed by atoms with Gasteiger partial charge in [0.15, 0.2) is 0 Å². The number of carbonyl (C=O) groups excluding carboxylic acids is 1. The number of hydrogen-bond acceptors (Lipinski definition) is 5. The first-order valence-electron chi connectivity index (χ1n) is 8.11. The molecular formula is C18H19Cl2N3O4. The molecule has 27 heavy (non-hydrogen) atoms. The van der Waals surface area contributed by atoms with Crippen LogP contribution in [0.4, 0.5) is 5.69 Å². The normalized spacial score (nSPS) is 16.4. The first kappa shape index (κ1) is 21.0.